The Balaban J connectivity index is 0.00000529. The van der Waals surface area contributed by atoms with Crippen LogP contribution in [0.5, 0.6) is 0 Å². The summed E-state index contributed by atoms with van der Waals surface area (Å²) in [6.45, 7) is 15.8. The summed E-state index contributed by atoms with van der Waals surface area (Å²) >= 11 is 1.71. The van der Waals surface area contributed by atoms with Gasteiger partial charge in [-0.25, -0.2) is 9.98 Å². The molecule has 1 rings (SSSR count). The summed E-state index contributed by atoms with van der Waals surface area (Å²) in [5, 5.41) is 7.93. The lowest BCUT2D eigenvalue weighted by Crippen LogP contribution is -2.42. The first-order chi connectivity index (χ1) is 11.1. The third-order valence-corrected chi connectivity index (χ3v) is 4.69. The molecule has 0 aliphatic carbocycles. The monoisotopic (exact) mass is 467 g/mol. The molecule has 0 aliphatic heterocycles. The minimum Gasteiger partial charge on any atom is -0.357 e. The largest absolute Gasteiger partial charge is 0.357 e. The highest BCUT2D eigenvalue weighted by atomic mass is 127. The number of nitrogens with zero attached hydrogens (tertiary/aromatic N) is 3. The van der Waals surface area contributed by atoms with Crippen molar-refractivity contribution < 1.29 is 0 Å². The summed E-state index contributed by atoms with van der Waals surface area (Å²) in [4.78, 5) is 12.6. The van der Waals surface area contributed by atoms with E-state index in [9.17, 15) is 0 Å². The van der Waals surface area contributed by atoms with Gasteiger partial charge in [-0.15, -0.1) is 35.3 Å². The van der Waals surface area contributed by atoms with E-state index in [1.54, 1.807) is 11.3 Å². The third-order valence-electron chi connectivity index (χ3n) is 3.80. The molecule has 24 heavy (non-hydrogen) atoms. The number of thiazole rings is 1. The fourth-order valence-electron chi connectivity index (χ4n) is 2.42. The predicted octanol–water partition coefficient (Wildman–Crippen LogP) is 3.64. The molecule has 0 spiro atoms. The molecule has 1 unspecified atom stereocenters. The van der Waals surface area contributed by atoms with Gasteiger partial charge in [0.15, 0.2) is 5.96 Å². The molecule has 0 bridgehead atoms. The van der Waals surface area contributed by atoms with Crippen LogP contribution in [0.15, 0.2) is 11.2 Å². The highest BCUT2D eigenvalue weighted by Gasteiger charge is 2.07. The van der Waals surface area contributed by atoms with Crippen LogP contribution in [0, 0.1) is 6.92 Å². The van der Waals surface area contributed by atoms with Gasteiger partial charge in [-0.1, -0.05) is 13.8 Å². The van der Waals surface area contributed by atoms with E-state index in [-0.39, 0.29) is 24.0 Å². The van der Waals surface area contributed by atoms with Crippen molar-refractivity contribution in [3.05, 3.63) is 16.1 Å². The van der Waals surface area contributed by atoms with Gasteiger partial charge in [-0.2, -0.15) is 0 Å². The van der Waals surface area contributed by atoms with Crippen LogP contribution in [0.3, 0.4) is 0 Å². The molecule has 0 saturated carbocycles. The van der Waals surface area contributed by atoms with Crippen LogP contribution in [0.25, 0.3) is 0 Å². The molecular formula is C17H34IN5S. The van der Waals surface area contributed by atoms with Crippen LogP contribution in [-0.4, -0.2) is 48.1 Å². The molecule has 0 radical (unpaired) electrons. The van der Waals surface area contributed by atoms with Gasteiger partial charge in [-0.05, 0) is 53.2 Å². The number of aryl methyl sites for hydroxylation is 1. The van der Waals surface area contributed by atoms with Gasteiger partial charge < -0.3 is 15.5 Å². The number of aromatic nitrogens is 1. The molecular weight excluding hydrogens is 433 g/mol. The first-order valence-corrected chi connectivity index (χ1v) is 9.59. The van der Waals surface area contributed by atoms with Crippen molar-refractivity contribution in [2.45, 2.75) is 60.0 Å². The fraction of sp³-hybridized carbons (Fsp3) is 0.765. The smallest absolute Gasteiger partial charge is 0.191 e. The summed E-state index contributed by atoms with van der Waals surface area (Å²) < 4.78 is 0. The Morgan fingerprint density at radius 1 is 1.33 bits per heavy atom. The summed E-state index contributed by atoms with van der Waals surface area (Å²) in [5.41, 5.74) is 0. The molecule has 1 aromatic heterocycles. The molecule has 0 aliphatic rings. The van der Waals surface area contributed by atoms with Crippen molar-refractivity contribution in [1.29, 1.82) is 0 Å². The predicted molar refractivity (Wildman–Crippen MR) is 117 cm³/mol. The van der Waals surface area contributed by atoms with Crippen LogP contribution in [-0.2, 0) is 6.54 Å². The fourth-order valence-corrected chi connectivity index (χ4v) is 3.14. The van der Waals surface area contributed by atoms with Gasteiger partial charge in [0.2, 0.25) is 0 Å². The molecule has 0 saturated heterocycles. The van der Waals surface area contributed by atoms with Crippen molar-refractivity contribution >= 4 is 41.3 Å². The Morgan fingerprint density at radius 2 is 2.04 bits per heavy atom. The Morgan fingerprint density at radius 3 is 2.58 bits per heavy atom. The number of hydrogen-bond donors (Lipinski definition) is 2. The van der Waals surface area contributed by atoms with Crippen LogP contribution < -0.4 is 10.6 Å². The number of guanidine groups is 1. The highest BCUT2D eigenvalue weighted by Crippen LogP contribution is 2.12. The average molecular weight is 467 g/mol. The second-order valence-corrected chi connectivity index (χ2v) is 7.07. The van der Waals surface area contributed by atoms with E-state index in [0.717, 1.165) is 37.0 Å². The topological polar surface area (TPSA) is 52.6 Å². The molecule has 140 valence electrons. The van der Waals surface area contributed by atoms with Gasteiger partial charge in [0.1, 0.15) is 0 Å². The van der Waals surface area contributed by atoms with E-state index in [2.05, 4.69) is 53.2 Å². The normalized spacial score (nSPS) is 12.8. The van der Waals surface area contributed by atoms with E-state index >= 15 is 0 Å². The highest BCUT2D eigenvalue weighted by molar-refractivity contribution is 14.0. The van der Waals surface area contributed by atoms with Gasteiger partial charge in [-0.3, -0.25) is 0 Å². The van der Waals surface area contributed by atoms with Crippen LogP contribution >= 0.6 is 35.3 Å². The summed E-state index contributed by atoms with van der Waals surface area (Å²) in [5.74, 6) is 0.897. The van der Waals surface area contributed by atoms with E-state index < -0.39 is 0 Å². The number of aliphatic imine (C=N–C) groups is 1. The SMILES string of the molecule is CCNC(=NCc1cnc(C)s1)NC(C)CCCN(CC)CC.I. The van der Waals surface area contributed by atoms with Crippen molar-refractivity contribution in [2.75, 3.05) is 26.2 Å². The zero-order valence-electron chi connectivity index (χ0n) is 15.8. The summed E-state index contributed by atoms with van der Waals surface area (Å²) in [6, 6.07) is 0.423. The number of rotatable bonds is 10. The van der Waals surface area contributed by atoms with Crippen molar-refractivity contribution in [1.82, 2.24) is 20.5 Å². The number of nitrogens with one attached hydrogen (secondary N) is 2. The lowest BCUT2D eigenvalue weighted by molar-refractivity contribution is 0.292. The second-order valence-electron chi connectivity index (χ2n) is 5.76. The average Bonchev–Trinajstić information content (AvgIpc) is 2.95. The molecule has 0 aromatic carbocycles. The second kappa shape index (κ2) is 13.8. The van der Waals surface area contributed by atoms with E-state index in [4.69, 9.17) is 0 Å². The van der Waals surface area contributed by atoms with Crippen molar-refractivity contribution in [2.24, 2.45) is 4.99 Å². The summed E-state index contributed by atoms with van der Waals surface area (Å²) in [7, 11) is 0. The lowest BCUT2D eigenvalue weighted by Gasteiger charge is -2.21. The first kappa shape index (κ1) is 23.6. The van der Waals surface area contributed by atoms with Gasteiger partial charge >= 0.3 is 0 Å². The van der Waals surface area contributed by atoms with Gasteiger partial charge in [0.25, 0.3) is 0 Å². The van der Waals surface area contributed by atoms with Gasteiger partial charge in [0.05, 0.1) is 11.6 Å². The standard InChI is InChI=1S/C17H33N5S.HI/c1-6-18-17(20-13-16-12-19-15(5)23-16)21-14(4)10-9-11-22(7-2)8-3;/h12,14H,6-11,13H2,1-5H3,(H2,18,20,21);1H. The van der Waals surface area contributed by atoms with Crippen LogP contribution in [0.1, 0.15) is 50.4 Å². The maximum Gasteiger partial charge on any atom is 0.191 e. The Labute approximate surface area is 168 Å². The number of hydrogen-bond acceptors (Lipinski definition) is 4. The minimum absolute atomic E-state index is 0. The van der Waals surface area contributed by atoms with Crippen LogP contribution in [0.4, 0.5) is 0 Å². The quantitative estimate of drug-likeness (QED) is 0.314. The molecule has 1 heterocycles. The molecule has 1 aromatic rings. The molecule has 5 nitrogen and oxygen atoms in total. The lowest BCUT2D eigenvalue weighted by atomic mass is 10.2. The molecule has 2 N–H and O–H groups in total. The third kappa shape index (κ3) is 9.78. The van der Waals surface area contributed by atoms with Gasteiger partial charge in [0, 0.05) is 23.7 Å². The minimum atomic E-state index is 0. The van der Waals surface area contributed by atoms with Crippen LogP contribution in [0.2, 0.25) is 0 Å². The van der Waals surface area contributed by atoms with E-state index in [1.165, 1.54) is 17.8 Å². The molecule has 7 heteroatoms. The zero-order chi connectivity index (χ0) is 17.1. The van der Waals surface area contributed by atoms with E-state index in [0.29, 0.717) is 12.6 Å². The molecule has 0 amide bonds. The zero-order valence-corrected chi connectivity index (χ0v) is 18.9. The Hall–Kier alpha value is -0.410. The van der Waals surface area contributed by atoms with Crippen molar-refractivity contribution in [3.63, 3.8) is 0 Å². The Bertz CT molecular complexity index is 460. The first-order valence-electron chi connectivity index (χ1n) is 8.77. The number of halogens is 1. The Kier molecular flexibility index (Phi) is 13.6. The van der Waals surface area contributed by atoms with Crippen molar-refractivity contribution in [3.8, 4) is 0 Å². The maximum absolute atomic E-state index is 4.67. The van der Waals surface area contributed by atoms with E-state index in [1.807, 2.05) is 13.1 Å². The molecule has 1 atom stereocenters. The summed E-state index contributed by atoms with van der Waals surface area (Å²) in [6.07, 6.45) is 4.28. The maximum atomic E-state index is 4.67. The molecule has 0 fully saturated rings.